The molecular formula is C11H6Cl3NO. The number of aromatic hydroxyl groups is 1. The van der Waals surface area contributed by atoms with E-state index in [-0.39, 0.29) is 10.9 Å². The van der Waals surface area contributed by atoms with Crippen LogP contribution in [0.3, 0.4) is 0 Å². The van der Waals surface area contributed by atoms with Crippen LogP contribution in [0.15, 0.2) is 30.5 Å². The number of hydrogen-bond donors (Lipinski definition) is 1. The van der Waals surface area contributed by atoms with Crippen LogP contribution in [0, 0.1) is 0 Å². The first kappa shape index (κ1) is 11.5. The number of rotatable bonds is 1. The summed E-state index contributed by atoms with van der Waals surface area (Å²) in [6, 6.07) is 6.79. The van der Waals surface area contributed by atoms with Gasteiger partial charge < -0.3 is 5.11 Å². The summed E-state index contributed by atoms with van der Waals surface area (Å²) in [7, 11) is 0. The van der Waals surface area contributed by atoms with Crippen molar-refractivity contribution in [2.45, 2.75) is 0 Å². The Labute approximate surface area is 107 Å². The zero-order chi connectivity index (χ0) is 11.7. The Balaban J connectivity index is 2.68. The van der Waals surface area contributed by atoms with Crippen molar-refractivity contribution in [2.75, 3.05) is 0 Å². The molecule has 0 atom stereocenters. The van der Waals surface area contributed by atoms with Crippen LogP contribution in [-0.4, -0.2) is 10.1 Å². The molecule has 5 heteroatoms. The van der Waals surface area contributed by atoms with Gasteiger partial charge in [0.2, 0.25) is 0 Å². The van der Waals surface area contributed by atoms with Crippen molar-refractivity contribution in [3.8, 4) is 16.9 Å². The summed E-state index contributed by atoms with van der Waals surface area (Å²) in [4.78, 5) is 3.76. The third-order valence-electron chi connectivity index (χ3n) is 2.12. The van der Waals surface area contributed by atoms with Gasteiger partial charge in [-0.25, -0.2) is 4.98 Å². The van der Waals surface area contributed by atoms with E-state index in [4.69, 9.17) is 34.8 Å². The van der Waals surface area contributed by atoms with Crippen molar-refractivity contribution < 1.29 is 5.11 Å². The number of benzene rings is 1. The maximum atomic E-state index is 9.77. The normalized spacial score (nSPS) is 10.4. The highest BCUT2D eigenvalue weighted by Gasteiger charge is 2.12. The van der Waals surface area contributed by atoms with Crippen LogP contribution >= 0.6 is 34.8 Å². The molecule has 0 aliphatic rings. The minimum atomic E-state index is -0.103. The Morgan fingerprint density at radius 2 is 1.75 bits per heavy atom. The summed E-state index contributed by atoms with van der Waals surface area (Å²) >= 11 is 17.7. The first-order valence-electron chi connectivity index (χ1n) is 4.39. The van der Waals surface area contributed by atoms with Crippen molar-refractivity contribution in [2.24, 2.45) is 0 Å². The molecule has 1 heterocycles. The number of aromatic nitrogens is 1. The average molecular weight is 275 g/mol. The van der Waals surface area contributed by atoms with Gasteiger partial charge in [0.15, 0.2) is 10.9 Å². The van der Waals surface area contributed by atoms with Gasteiger partial charge in [-0.2, -0.15) is 0 Å². The second-order valence-corrected chi connectivity index (χ2v) is 4.24. The van der Waals surface area contributed by atoms with E-state index in [1.165, 1.54) is 6.20 Å². The average Bonchev–Trinajstić information content (AvgIpc) is 2.27. The summed E-state index contributed by atoms with van der Waals surface area (Å²) in [5.74, 6) is -0.103. The van der Waals surface area contributed by atoms with E-state index in [0.29, 0.717) is 21.2 Å². The van der Waals surface area contributed by atoms with Gasteiger partial charge in [-0.1, -0.05) is 46.9 Å². The quantitative estimate of drug-likeness (QED) is 0.781. The van der Waals surface area contributed by atoms with Crippen LogP contribution in [0.5, 0.6) is 5.75 Å². The second kappa shape index (κ2) is 4.50. The molecule has 0 spiro atoms. The summed E-state index contributed by atoms with van der Waals surface area (Å²) in [5, 5.41) is 10.6. The predicted octanol–water partition coefficient (Wildman–Crippen LogP) is 4.41. The number of hydrogen-bond acceptors (Lipinski definition) is 2. The third kappa shape index (κ3) is 1.96. The summed E-state index contributed by atoms with van der Waals surface area (Å²) < 4.78 is 0. The van der Waals surface area contributed by atoms with Crippen molar-refractivity contribution in [3.05, 3.63) is 45.7 Å². The van der Waals surface area contributed by atoms with E-state index in [1.54, 1.807) is 24.3 Å². The molecule has 0 aliphatic heterocycles. The SMILES string of the molecule is Oc1c(-c2cccc(Cl)c2Cl)ccnc1Cl. The van der Waals surface area contributed by atoms with Crippen LogP contribution in [0.1, 0.15) is 0 Å². The Morgan fingerprint density at radius 3 is 2.50 bits per heavy atom. The lowest BCUT2D eigenvalue weighted by Gasteiger charge is -2.08. The molecule has 0 amide bonds. The van der Waals surface area contributed by atoms with Crippen LogP contribution in [0.25, 0.3) is 11.1 Å². The van der Waals surface area contributed by atoms with Gasteiger partial charge in [0.25, 0.3) is 0 Å². The number of halogens is 3. The fourth-order valence-electron chi connectivity index (χ4n) is 1.36. The molecule has 0 saturated carbocycles. The predicted molar refractivity (Wildman–Crippen MR) is 66.4 cm³/mol. The highest BCUT2D eigenvalue weighted by atomic mass is 35.5. The van der Waals surface area contributed by atoms with Crippen molar-refractivity contribution in [1.82, 2.24) is 4.98 Å². The summed E-state index contributed by atoms with van der Waals surface area (Å²) in [6.45, 7) is 0. The van der Waals surface area contributed by atoms with Crippen molar-refractivity contribution in [1.29, 1.82) is 0 Å². The van der Waals surface area contributed by atoms with E-state index in [0.717, 1.165) is 0 Å². The lowest BCUT2D eigenvalue weighted by molar-refractivity contribution is 0.475. The van der Waals surface area contributed by atoms with E-state index >= 15 is 0 Å². The van der Waals surface area contributed by atoms with Gasteiger partial charge in [-0.3, -0.25) is 0 Å². The molecule has 2 nitrogen and oxygen atoms in total. The Kier molecular flexibility index (Phi) is 3.24. The molecule has 1 aromatic carbocycles. The van der Waals surface area contributed by atoms with Crippen LogP contribution in [0.4, 0.5) is 0 Å². The molecule has 0 aliphatic carbocycles. The van der Waals surface area contributed by atoms with Gasteiger partial charge in [0, 0.05) is 17.3 Å². The van der Waals surface area contributed by atoms with Crippen LogP contribution < -0.4 is 0 Å². The topological polar surface area (TPSA) is 33.1 Å². The largest absolute Gasteiger partial charge is 0.504 e. The fraction of sp³-hybridized carbons (Fsp3) is 0. The molecule has 2 aromatic rings. The molecule has 0 radical (unpaired) electrons. The molecular weight excluding hydrogens is 268 g/mol. The van der Waals surface area contributed by atoms with Gasteiger partial charge in [-0.15, -0.1) is 0 Å². The standard InChI is InChI=1S/C11H6Cl3NO/c12-8-3-1-2-6(9(8)13)7-4-5-15-11(14)10(7)16/h1-5,16H. The molecule has 0 saturated heterocycles. The molecule has 82 valence electrons. The lowest BCUT2D eigenvalue weighted by atomic mass is 10.1. The van der Waals surface area contributed by atoms with E-state index in [9.17, 15) is 5.11 Å². The zero-order valence-electron chi connectivity index (χ0n) is 7.92. The highest BCUT2D eigenvalue weighted by molar-refractivity contribution is 6.43. The molecule has 1 aromatic heterocycles. The molecule has 0 bridgehead atoms. The Morgan fingerprint density at radius 1 is 1.00 bits per heavy atom. The molecule has 2 rings (SSSR count). The van der Waals surface area contributed by atoms with Crippen LogP contribution in [-0.2, 0) is 0 Å². The number of pyridine rings is 1. The third-order valence-corrected chi connectivity index (χ3v) is 3.22. The minimum absolute atomic E-state index is 0.0357. The zero-order valence-corrected chi connectivity index (χ0v) is 10.2. The first-order valence-corrected chi connectivity index (χ1v) is 5.52. The molecule has 1 N–H and O–H groups in total. The van der Waals surface area contributed by atoms with E-state index in [2.05, 4.69) is 4.98 Å². The van der Waals surface area contributed by atoms with Gasteiger partial charge in [0.05, 0.1) is 10.0 Å². The maximum absolute atomic E-state index is 9.77. The van der Waals surface area contributed by atoms with Crippen molar-refractivity contribution in [3.63, 3.8) is 0 Å². The maximum Gasteiger partial charge on any atom is 0.171 e. The van der Waals surface area contributed by atoms with Crippen LogP contribution in [0.2, 0.25) is 15.2 Å². The summed E-state index contributed by atoms with van der Waals surface area (Å²) in [6.07, 6.45) is 1.49. The minimum Gasteiger partial charge on any atom is -0.504 e. The Bertz CT molecular complexity index is 493. The lowest BCUT2D eigenvalue weighted by Crippen LogP contribution is -1.84. The second-order valence-electron chi connectivity index (χ2n) is 3.10. The highest BCUT2D eigenvalue weighted by Crippen LogP contribution is 2.39. The van der Waals surface area contributed by atoms with Gasteiger partial charge in [0.1, 0.15) is 0 Å². The molecule has 0 fully saturated rings. The number of nitrogens with zero attached hydrogens (tertiary/aromatic N) is 1. The fourth-order valence-corrected chi connectivity index (χ4v) is 1.92. The smallest absolute Gasteiger partial charge is 0.171 e. The monoisotopic (exact) mass is 273 g/mol. The molecule has 16 heavy (non-hydrogen) atoms. The Hall–Kier alpha value is -0.960. The van der Waals surface area contributed by atoms with Gasteiger partial charge in [-0.05, 0) is 12.1 Å². The summed E-state index contributed by atoms with van der Waals surface area (Å²) in [5.41, 5.74) is 1.13. The van der Waals surface area contributed by atoms with E-state index < -0.39 is 0 Å². The van der Waals surface area contributed by atoms with Crippen molar-refractivity contribution >= 4 is 34.8 Å². The van der Waals surface area contributed by atoms with E-state index in [1.807, 2.05) is 0 Å². The molecule has 0 unspecified atom stereocenters. The first-order chi connectivity index (χ1) is 7.61. The van der Waals surface area contributed by atoms with Gasteiger partial charge >= 0.3 is 0 Å².